The Bertz CT molecular complexity index is 631. The first-order valence-corrected chi connectivity index (χ1v) is 8.66. The fourth-order valence-electron chi connectivity index (χ4n) is 2.47. The number of likely N-dealkylation sites (tertiary alicyclic amines) is 1. The van der Waals surface area contributed by atoms with Gasteiger partial charge in [-0.15, -0.1) is 0 Å². The standard InChI is InChI=1S/C14H19ClN2O3S/c1-16(2)21(19,20)13-7-4-8-17(10-13)14(18)11-5-3-6-12(15)9-11/h3,5-6,9,13H,4,7-8,10H2,1-2H3/t13-/m0/s1. The summed E-state index contributed by atoms with van der Waals surface area (Å²) in [7, 11) is -0.302. The van der Waals surface area contributed by atoms with Crippen LogP contribution >= 0.6 is 11.6 Å². The molecule has 7 heteroatoms. The van der Waals surface area contributed by atoms with E-state index >= 15 is 0 Å². The Kier molecular flexibility index (Phi) is 4.91. The lowest BCUT2D eigenvalue weighted by Gasteiger charge is -2.33. The molecular weight excluding hydrogens is 312 g/mol. The number of piperidine rings is 1. The van der Waals surface area contributed by atoms with E-state index in [1.165, 1.54) is 18.4 Å². The van der Waals surface area contributed by atoms with Crippen LogP contribution in [0.3, 0.4) is 0 Å². The minimum atomic E-state index is -3.34. The van der Waals surface area contributed by atoms with Crippen LogP contribution in [0.15, 0.2) is 24.3 Å². The fourth-order valence-corrected chi connectivity index (χ4v) is 4.09. The third-order valence-corrected chi connectivity index (χ3v) is 6.15. The highest BCUT2D eigenvalue weighted by molar-refractivity contribution is 7.89. The molecule has 0 N–H and O–H groups in total. The first kappa shape index (κ1) is 16.3. The van der Waals surface area contributed by atoms with Gasteiger partial charge in [-0.1, -0.05) is 17.7 Å². The third kappa shape index (κ3) is 3.56. The van der Waals surface area contributed by atoms with Crippen molar-refractivity contribution in [3.05, 3.63) is 34.9 Å². The molecule has 1 saturated heterocycles. The molecule has 0 saturated carbocycles. The van der Waals surface area contributed by atoms with Gasteiger partial charge in [0, 0.05) is 37.8 Å². The van der Waals surface area contributed by atoms with Crippen LogP contribution in [0.1, 0.15) is 23.2 Å². The van der Waals surface area contributed by atoms with E-state index in [1.54, 1.807) is 29.2 Å². The number of amides is 1. The highest BCUT2D eigenvalue weighted by atomic mass is 35.5. The first-order chi connectivity index (χ1) is 9.82. The lowest BCUT2D eigenvalue weighted by atomic mass is 10.1. The molecule has 0 aromatic heterocycles. The predicted octanol–water partition coefficient (Wildman–Crippen LogP) is 1.84. The number of hydrogen-bond acceptors (Lipinski definition) is 3. The van der Waals surface area contributed by atoms with E-state index in [0.29, 0.717) is 30.0 Å². The Balaban J connectivity index is 2.16. The quantitative estimate of drug-likeness (QED) is 0.849. The molecule has 2 rings (SSSR count). The lowest BCUT2D eigenvalue weighted by molar-refractivity contribution is 0.0726. The summed E-state index contributed by atoms with van der Waals surface area (Å²) in [6.07, 6.45) is 1.27. The Morgan fingerprint density at radius 2 is 2.10 bits per heavy atom. The highest BCUT2D eigenvalue weighted by Gasteiger charge is 2.34. The molecule has 1 aromatic rings. The highest BCUT2D eigenvalue weighted by Crippen LogP contribution is 2.21. The van der Waals surface area contributed by atoms with Gasteiger partial charge in [-0.25, -0.2) is 12.7 Å². The van der Waals surface area contributed by atoms with E-state index in [9.17, 15) is 13.2 Å². The molecule has 1 atom stereocenters. The number of sulfonamides is 1. The van der Waals surface area contributed by atoms with Gasteiger partial charge in [0.2, 0.25) is 10.0 Å². The van der Waals surface area contributed by atoms with Gasteiger partial charge in [-0.3, -0.25) is 4.79 Å². The lowest BCUT2D eigenvalue weighted by Crippen LogP contribution is -2.48. The zero-order valence-corrected chi connectivity index (χ0v) is 13.7. The number of halogens is 1. The molecule has 0 unspecified atom stereocenters. The molecule has 21 heavy (non-hydrogen) atoms. The zero-order chi connectivity index (χ0) is 15.6. The summed E-state index contributed by atoms with van der Waals surface area (Å²) in [4.78, 5) is 14.1. The van der Waals surface area contributed by atoms with Crippen molar-refractivity contribution in [2.24, 2.45) is 0 Å². The van der Waals surface area contributed by atoms with E-state index in [1.807, 2.05) is 0 Å². The maximum absolute atomic E-state index is 12.5. The second kappa shape index (κ2) is 6.34. The molecule has 1 aliphatic heterocycles. The average molecular weight is 331 g/mol. The Morgan fingerprint density at radius 3 is 2.71 bits per heavy atom. The van der Waals surface area contributed by atoms with Crippen LogP contribution in [0.4, 0.5) is 0 Å². The van der Waals surface area contributed by atoms with Gasteiger partial charge in [-0.2, -0.15) is 0 Å². The van der Waals surface area contributed by atoms with Gasteiger partial charge < -0.3 is 4.90 Å². The smallest absolute Gasteiger partial charge is 0.253 e. The van der Waals surface area contributed by atoms with Gasteiger partial charge in [0.15, 0.2) is 0 Å². The number of carbonyl (C=O) groups is 1. The van der Waals surface area contributed by atoms with Crippen LogP contribution in [0, 0.1) is 0 Å². The van der Waals surface area contributed by atoms with Crippen LogP contribution in [-0.2, 0) is 10.0 Å². The van der Waals surface area contributed by atoms with Crippen LogP contribution in [0.25, 0.3) is 0 Å². The monoisotopic (exact) mass is 330 g/mol. The molecule has 0 spiro atoms. The second-order valence-corrected chi connectivity index (χ2v) is 8.22. The Labute approximate surface area is 130 Å². The van der Waals surface area contributed by atoms with Crippen molar-refractivity contribution in [1.29, 1.82) is 0 Å². The normalized spacial score (nSPS) is 19.8. The third-order valence-electron chi connectivity index (χ3n) is 3.67. The molecule has 5 nitrogen and oxygen atoms in total. The fraction of sp³-hybridized carbons (Fsp3) is 0.500. The van der Waals surface area contributed by atoms with E-state index < -0.39 is 15.3 Å². The largest absolute Gasteiger partial charge is 0.337 e. The summed E-state index contributed by atoms with van der Waals surface area (Å²) in [5, 5.41) is -0.0419. The Morgan fingerprint density at radius 1 is 1.38 bits per heavy atom. The molecule has 0 aliphatic carbocycles. The van der Waals surface area contributed by atoms with Crippen molar-refractivity contribution in [1.82, 2.24) is 9.21 Å². The van der Waals surface area contributed by atoms with Crippen LogP contribution in [0.2, 0.25) is 5.02 Å². The average Bonchev–Trinajstić information content (AvgIpc) is 2.46. The Hall–Kier alpha value is -1.11. The van der Waals surface area contributed by atoms with Crippen molar-refractivity contribution in [2.45, 2.75) is 18.1 Å². The predicted molar refractivity (Wildman–Crippen MR) is 83.0 cm³/mol. The van der Waals surface area contributed by atoms with Crippen LogP contribution < -0.4 is 0 Å². The summed E-state index contributed by atoms with van der Waals surface area (Å²) in [6, 6.07) is 6.72. The van der Waals surface area contributed by atoms with Gasteiger partial charge in [0.05, 0.1) is 5.25 Å². The van der Waals surface area contributed by atoms with Crippen molar-refractivity contribution in [3.8, 4) is 0 Å². The van der Waals surface area contributed by atoms with Crippen molar-refractivity contribution < 1.29 is 13.2 Å². The van der Waals surface area contributed by atoms with E-state index in [2.05, 4.69) is 0 Å². The molecule has 0 bridgehead atoms. The van der Waals surface area contributed by atoms with Gasteiger partial charge >= 0.3 is 0 Å². The molecular formula is C14H19ClN2O3S. The number of carbonyl (C=O) groups excluding carboxylic acids is 1. The molecule has 1 fully saturated rings. The number of hydrogen-bond donors (Lipinski definition) is 0. The molecule has 1 amide bonds. The van der Waals surface area contributed by atoms with Crippen LogP contribution in [0.5, 0.6) is 0 Å². The summed E-state index contributed by atoms with van der Waals surface area (Å²) in [5.41, 5.74) is 0.491. The van der Waals surface area contributed by atoms with E-state index in [0.717, 1.165) is 0 Å². The van der Waals surface area contributed by atoms with Crippen molar-refractivity contribution in [3.63, 3.8) is 0 Å². The number of nitrogens with zero attached hydrogens (tertiary/aromatic N) is 2. The van der Waals surface area contributed by atoms with Crippen molar-refractivity contribution >= 4 is 27.5 Å². The summed E-state index contributed by atoms with van der Waals surface area (Å²) in [5.74, 6) is -0.170. The van der Waals surface area contributed by atoms with Crippen LogP contribution in [-0.4, -0.2) is 56.0 Å². The van der Waals surface area contributed by atoms with Gasteiger partial charge in [0.25, 0.3) is 5.91 Å². The first-order valence-electron chi connectivity index (χ1n) is 6.78. The maximum atomic E-state index is 12.5. The maximum Gasteiger partial charge on any atom is 0.253 e. The SMILES string of the molecule is CN(C)S(=O)(=O)[C@H]1CCCN(C(=O)c2cccc(Cl)c2)C1. The van der Waals surface area contributed by atoms with E-state index in [-0.39, 0.29) is 12.5 Å². The van der Waals surface area contributed by atoms with Gasteiger partial charge in [0.1, 0.15) is 0 Å². The van der Waals surface area contributed by atoms with Gasteiger partial charge in [-0.05, 0) is 31.0 Å². The second-order valence-electron chi connectivity index (χ2n) is 5.35. The number of rotatable bonds is 3. The minimum Gasteiger partial charge on any atom is -0.337 e. The summed E-state index contributed by atoms with van der Waals surface area (Å²) in [6.45, 7) is 0.802. The summed E-state index contributed by atoms with van der Waals surface area (Å²) >= 11 is 5.90. The molecule has 1 aliphatic rings. The number of benzene rings is 1. The molecule has 116 valence electrons. The topological polar surface area (TPSA) is 57.7 Å². The molecule has 0 radical (unpaired) electrons. The molecule has 1 aromatic carbocycles. The van der Waals surface area contributed by atoms with Crippen molar-refractivity contribution in [2.75, 3.05) is 27.2 Å². The molecule has 1 heterocycles. The summed E-state index contributed by atoms with van der Waals surface area (Å²) < 4.78 is 25.6. The zero-order valence-electron chi connectivity index (χ0n) is 12.1. The minimum absolute atomic E-state index is 0.170. The van der Waals surface area contributed by atoms with E-state index in [4.69, 9.17) is 11.6 Å².